The van der Waals surface area contributed by atoms with Crippen LogP contribution in [0.4, 0.5) is 21.6 Å². The van der Waals surface area contributed by atoms with Crippen molar-refractivity contribution in [1.82, 2.24) is 19.5 Å². The Hall–Kier alpha value is -3.46. The predicted molar refractivity (Wildman–Crippen MR) is 117 cm³/mol. The molecule has 5 rings (SSSR count). The predicted octanol–water partition coefficient (Wildman–Crippen LogP) is 4.76. The number of aromatic nitrogens is 4. The number of amidine groups is 1. The minimum absolute atomic E-state index is 0.157. The van der Waals surface area contributed by atoms with E-state index in [-0.39, 0.29) is 11.9 Å². The van der Waals surface area contributed by atoms with Gasteiger partial charge in [0.05, 0.1) is 28.6 Å². The maximum Gasteiger partial charge on any atom is 0.166 e. The van der Waals surface area contributed by atoms with E-state index in [0.717, 1.165) is 28.5 Å². The number of imidazole rings is 1. The number of nitrogens with two attached hydrogens (primary N) is 1. The molecule has 1 aliphatic heterocycles. The second-order valence-electron chi connectivity index (χ2n) is 6.81. The maximum atomic E-state index is 13.6. The number of hydrogen-bond donors (Lipinski definition) is 1. The van der Waals surface area contributed by atoms with Crippen molar-refractivity contribution < 1.29 is 4.39 Å². The van der Waals surface area contributed by atoms with Crippen molar-refractivity contribution >= 4 is 46.1 Å². The highest BCUT2D eigenvalue weighted by molar-refractivity contribution is 8.01. The Labute approximate surface area is 176 Å². The van der Waals surface area contributed by atoms with Crippen LogP contribution < -0.4 is 10.0 Å². The quantitative estimate of drug-likeness (QED) is 0.480. The molecule has 0 bridgehead atoms. The van der Waals surface area contributed by atoms with Crippen molar-refractivity contribution in [1.29, 1.82) is 0 Å². The molecule has 1 atom stereocenters. The van der Waals surface area contributed by atoms with E-state index in [2.05, 4.69) is 21.9 Å². The Bertz CT molecular complexity index is 1250. The van der Waals surface area contributed by atoms with E-state index >= 15 is 0 Å². The van der Waals surface area contributed by atoms with Gasteiger partial charge >= 0.3 is 0 Å². The van der Waals surface area contributed by atoms with Crippen molar-refractivity contribution in [3.05, 3.63) is 67.0 Å². The van der Waals surface area contributed by atoms with Gasteiger partial charge in [-0.15, -0.1) is 0 Å². The van der Waals surface area contributed by atoms with Gasteiger partial charge in [-0.3, -0.25) is 4.31 Å². The van der Waals surface area contributed by atoms with Crippen LogP contribution in [-0.4, -0.2) is 25.4 Å². The minimum Gasteiger partial charge on any atom is -0.382 e. The zero-order valence-corrected chi connectivity index (χ0v) is 16.9. The number of aliphatic imine (C=N–C) groups is 1. The number of benzene rings is 2. The number of rotatable bonds is 4. The van der Waals surface area contributed by atoms with Crippen LogP contribution in [0.25, 0.3) is 11.2 Å². The van der Waals surface area contributed by atoms with Gasteiger partial charge in [-0.05, 0) is 54.8 Å². The molecule has 0 radical (unpaired) electrons. The molecule has 0 saturated carbocycles. The number of hydrogen-bond acceptors (Lipinski definition) is 7. The Kier molecular flexibility index (Phi) is 4.59. The fraction of sp³-hybridized carbons (Fsp3) is 0.143. The molecule has 150 valence electrons. The highest BCUT2D eigenvalue weighted by Gasteiger charge is 2.30. The Morgan fingerprint density at radius 1 is 1.07 bits per heavy atom. The monoisotopic (exact) mass is 419 g/mol. The van der Waals surface area contributed by atoms with E-state index in [0.29, 0.717) is 17.0 Å². The summed E-state index contributed by atoms with van der Waals surface area (Å²) < 4.78 is 17.6. The Morgan fingerprint density at radius 3 is 2.67 bits per heavy atom. The zero-order valence-electron chi connectivity index (χ0n) is 16.1. The summed E-state index contributed by atoms with van der Waals surface area (Å²) in [5.74, 6) is 0.873. The third-order valence-corrected chi connectivity index (χ3v) is 6.09. The van der Waals surface area contributed by atoms with Gasteiger partial charge in [0.1, 0.15) is 23.5 Å². The lowest BCUT2D eigenvalue weighted by Crippen LogP contribution is -2.34. The van der Waals surface area contributed by atoms with Gasteiger partial charge in [-0.25, -0.2) is 24.3 Å². The third-order valence-electron chi connectivity index (χ3n) is 4.97. The molecule has 2 N–H and O–H groups in total. The second kappa shape index (κ2) is 7.42. The summed E-state index contributed by atoms with van der Waals surface area (Å²) in [5.41, 5.74) is 8.93. The topological polar surface area (TPSA) is 85.2 Å². The summed E-state index contributed by atoms with van der Waals surface area (Å²) in [7, 11) is 0. The fourth-order valence-electron chi connectivity index (χ4n) is 3.51. The first-order chi connectivity index (χ1) is 14.7. The van der Waals surface area contributed by atoms with Crippen LogP contribution in [0.3, 0.4) is 0 Å². The SMILES string of the molecule is CCC(C1=Nc2ccccc2SN1c1ccc(F)cc1)n1cnc2c(N)ncnc21. The molecule has 0 amide bonds. The van der Waals surface area contributed by atoms with Crippen LogP contribution in [-0.2, 0) is 0 Å². The lowest BCUT2D eigenvalue weighted by Gasteiger charge is -2.33. The zero-order chi connectivity index (χ0) is 20.7. The van der Waals surface area contributed by atoms with Gasteiger partial charge in [0.25, 0.3) is 0 Å². The smallest absolute Gasteiger partial charge is 0.166 e. The van der Waals surface area contributed by atoms with Gasteiger partial charge in [-0.2, -0.15) is 0 Å². The standard InChI is InChI=1S/C21H18FN7S/c1-2-16(28-12-26-18-19(23)24-11-25-21(18)28)20-27-15-5-3-4-6-17(15)30-29(20)14-9-7-13(22)8-10-14/h3-12,16H,2H2,1H3,(H2,23,24,25). The van der Waals surface area contributed by atoms with Gasteiger partial charge in [0.2, 0.25) is 0 Å². The van der Waals surface area contributed by atoms with E-state index in [1.807, 2.05) is 33.1 Å². The number of nitrogen functional groups attached to an aromatic ring is 1. The van der Waals surface area contributed by atoms with E-state index < -0.39 is 0 Å². The van der Waals surface area contributed by atoms with Crippen LogP contribution in [0.1, 0.15) is 19.4 Å². The molecule has 0 saturated heterocycles. The normalized spacial score (nSPS) is 14.5. The largest absolute Gasteiger partial charge is 0.382 e. The molecule has 0 fully saturated rings. The van der Waals surface area contributed by atoms with Crippen LogP contribution in [0.15, 0.2) is 71.1 Å². The Balaban J connectivity index is 1.67. The van der Waals surface area contributed by atoms with E-state index in [4.69, 9.17) is 10.7 Å². The maximum absolute atomic E-state index is 13.6. The molecule has 2 aromatic heterocycles. The molecule has 1 aliphatic rings. The fourth-order valence-corrected chi connectivity index (χ4v) is 4.54. The number of halogens is 1. The minimum atomic E-state index is -0.278. The molecule has 0 aliphatic carbocycles. The van der Waals surface area contributed by atoms with Crippen molar-refractivity contribution in [2.45, 2.75) is 24.3 Å². The van der Waals surface area contributed by atoms with Gasteiger partial charge < -0.3 is 10.3 Å². The highest BCUT2D eigenvalue weighted by atomic mass is 32.2. The summed E-state index contributed by atoms with van der Waals surface area (Å²) in [6.45, 7) is 2.08. The average molecular weight is 419 g/mol. The third kappa shape index (κ3) is 3.07. The molecule has 7 nitrogen and oxygen atoms in total. The van der Waals surface area contributed by atoms with Crippen LogP contribution in [0, 0.1) is 5.82 Å². The highest BCUT2D eigenvalue weighted by Crippen LogP contribution is 2.42. The summed E-state index contributed by atoms with van der Waals surface area (Å²) >= 11 is 1.56. The molecule has 4 aromatic rings. The van der Waals surface area contributed by atoms with E-state index in [1.165, 1.54) is 18.5 Å². The Morgan fingerprint density at radius 2 is 1.87 bits per heavy atom. The molecule has 3 heterocycles. The lowest BCUT2D eigenvalue weighted by molar-refractivity contribution is 0.623. The van der Waals surface area contributed by atoms with Crippen LogP contribution >= 0.6 is 11.9 Å². The number of anilines is 2. The summed E-state index contributed by atoms with van der Waals surface area (Å²) in [4.78, 5) is 18.9. The number of nitrogens with zero attached hydrogens (tertiary/aromatic N) is 6. The molecular weight excluding hydrogens is 401 g/mol. The molecule has 9 heteroatoms. The first-order valence-electron chi connectivity index (χ1n) is 9.50. The molecule has 2 aromatic carbocycles. The molecule has 1 unspecified atom stereocenters. The first-order valence-corrected chi connectivity index (χ1v) is 10.3. The van der Waals surface area contributed by atoms with Crippen LogP contribution in [0.2, 0.25) is 0 Å². The van der Waals surface area contributed by atoms with Crippen molar-refractivity contribution in [2.75, 3.05) is 10.0 Å². The van der Waals surface area contributed by atoms with Crippen molar-refractivity contribution in [3.63, 3.8) is 0 Å². The number of fused-ring (bicyclic) bond motifs is 2. The van der Waals surface area contributed by atoms with Crippen LogP contribution in [0.5, 0.6) is 0 Å². The molecular formula is C21H18FN7S. The molecule has 0 spiro atoms. The molecule has 30 heavy (non-hydrogen) atoms. The van der Waals surface area contributed by atoms with E-state index in [9.17, 15) is 4.39 Å². The average Bonchev–Trinajstić information content (AvgIpc) is 3.20. The van der Waals surface area contributed by atoms with Crippen molar-refractivity contribution in [2.24, 2.45) is 4.99 Å². The lowest BCUT2D eigenvalue weighted by atomic mass is 10.1. The van der Waals surface area contributed by atoms with Crippen molar-refractivity contribution in [3.8, 4) is 0 Å². The second-order valence-corrected chi connectivity index (χ2v) is 7.79. The van der Waals surface area contributed by atoms with Gasteiger partial charge in [0, 0.05) is 0 Å². The van der Waals surface area contributed by atoms with Gasteiger partial charge in [-0.1, -0.05) is 19.1 Å². The summed E-state index contributed by atoms with van der Waals surface area (Å²) in [6, 6.07) is 14.2. The van der Waals surface area contributed by atoms with E-state index in [1.54, 1.807) is 30.4 Å². The first kappa shape index (κ1) is 18.6. The summed E-state index contributed by atoms with van der Waals surface area (Å²) in [6.07, 6.45) is 3.90. The van der Waals surface area contributed by atoms with Gasteiger partial charge in [0.15, 0.2) is 11.5 Å². The number of para-hydroxylation sites is 1. The summed E-state index contributed by atoms with van der Waals surface area (Å²) in [5, 5.41) is 0.